The molecule has 0 spiro atoms. The summed E-state index contributed by atoms with van der Waals surface area (Å²) in [4.78, 5) is 2.48. The zero-order valence-corrected chi connectivity index (χ0v) is 31.4. The van der Waals surface area contributed by atoms with Crippen molar-refractivity contribution in [1.82, 2.24) is 0 Å². The third-order valence-corrected chi connectivity index (χ3v) is 9.64. The van der Waals surface area contributed by atoms with Crippen molar-refractivity contribution in [3.05, 3.63) is 222 Å². The Bertz CT molecular complexity index is 2180. The number of rotatable bonds is 11. The van der Waals surface area contributed by atoms with Crippen LogP contribution >= 0.6 is 0 Å². The lowest BCUT2D eigenvalue weighted by Crippen LogP contribution is -2.24. The molecule has 264 valence electrons. The van der Waals surface area contributed by atoms with E-state index in [1.165, 1.54) is 28.0 Å². The van der Waals surface area contributed by atoms with Gasteiger partial charge in [0.05, 0.1) is 5.69 Å². The summed E-state index contributed by atoms with van der Waals surface area (Å²) < 4.78 is 0. The Hall–Kier alpha value is -6.12. The van der Waals surface area contributed by atoms with Crippen LogP contribution in [0.15, 0.2) is 217 Å². The second-order valence-electron chi connectivity index (χ2n) is 13.3. The predicted octanol–water partition coefficient (Wildman–Crippen LogP) is 14.0. The van der Waals surface area contributed by atoms with E-state index in [-0.39, 0.29) is 0 Å². The fourth-order valence-electron chi connectivity index (χ4n) is 7.02. The Labute approximate surface area is 317 Å². The highest BCUT2D eigenvalue weighted by atomic mass is 15.1. The number of fused-ring (bicyclic) bond motifs is 1. The van der Waals surface area contributed by atoms with Gasteiger partial charge in [-0.15, -0.1) is 0 Å². The molecule has 0 saturated carbocycles. The van der Waals surface area contributed by atoms with Crippen molar-refractivity contribution in [2.75, 3.05) is 16.8 Å². The first kappa shape index (κ1) is 36.7. The Kier molecular flexibility index (Phi) is 12.4. The fraction of sp³-hybridized carbons (Fsp3) is 0.137. The summed E-state index contributed by atoms with van der Waals surface area (Å²) in [5.74, 6) is 0. The number of allylic oxidation sites excluding steroid dienone is 16. The van der Waals surface area contributed by atoms with E-state index in [1.54, 1.807) is 0 Å². The molecule has 2 heteroatoms. The fourth-order valence-corrected chi connectivity index (χ4v) is 7.02. The maximum Gasteiger partial charge on any atom is 0.0570 e. The Balaban J connectivity index is 1.53. The van der Waals surface area contributed by atoms with Gasteiger partial charge in [0.2, 0.25) is 0 Å². The van der Waals surface area contributed by atoms with Crippen LogP contribution in [-0.4, -0.2) is 6.54 Å². The zero-order chi connectivity index (χ0) is 37.0. The smallest absolute Gasteiger partial charge is 0.0570 e. The molecule has 6 rings (SSSR count). The van der Waals surface area contributed by atoms with Crippen LogP contribution in [0.3, 0.4) is 0 Å². The van der Waals surface area contributed by atoms with Gasteiger partial charge in [-0.3, -0.25) is 0 Å². The van der Waals surface area contributed by atoms with Gasteiger partial charge >= 0.3 is 0 Å². The molecule has 1 aliphatic heterocycles. The first-order chi connectivity index (χ1) is 26.0. The van der Waals surface area contributed by atoms with Crippen LogP contribution in [0.2, 0.25) is 0 Å². The number of anilines is 2. The third-order valence-electron chi connectivity index (χ3n) is 9.64. The van der Waals surface area contributed by atoms with Crippen LogP contribution in [0, 0.1) is 0 Å². The van der Waals surface area contributed by atoms with Crippen molar-refractivity contribution in [2.45, 2.75) is 40.0 Å². The largest absolute Gasteiger partial charge is 0.355 e. The quantitative estimate of drug-likeness (QED) is 0.158. The summed E-state index contributed by atoms with van der Waals surface area (Å²) in [6.45, 7) is 16.5. The van der Waals surface area contributed by atoms with Crippen LogP contribution < -0.4 is 10.2 Å². The van der Waals surface area contributed by atoms with Crippen LogP contribution in [-0.2, 0) is 0 Å². The lowest BCUT2D eigenvalue weighted by molar-refractivity contribution is 0.929. The molecule has 0 unspecified atom stereocenters. The minimum absolute atomic E-state index is 0.699. The number of para-hydroxylation sites is 1. The van der Waals surface area contributed by atoms with Gasteiger partial charge in [0.15, 0.2) is 0 Å². The molecule has 53 heavy (non-hydrogen) atoms. The lowest BCUT2D eigenvalue weighted by Gasteiger charge is -2.31. The highest BCUT2D eigenvalue weighted by Crippen LogP contribution is 2.44. The van der Waals surface area contributed by atoms with E-state index >= 15 is 0 Å². The van der Waals surface area contributed by atoms with E-state index in [0.717, 1.165) is 69.8 Å². The van der Waals surface area contributed by atoms with Crippen molar-refractivity contribution >= 4 is 16.9 Å². The molecule has 1 heterocycles. The maximum atomic E-state index is 4.80. The maximum absolute atomic E-state index is 4.80. The van der Waals surface area contributed by atoms with Gasteiger partial charge < -0.3 is 10.2 Å². The third kappa shape index (κ3) is 8.86. The molecule has 0 radical (unpaired) electrons. The average molecular weight is 691 g/mol. The highest BCUT2D eigenvalue weighted by molar-refractivity contribution is 5.96. The topological polar surface area (TPSA) is 15.3 Å². The SMILES string of the molecule is C=C(/C=C(\C=C/C)C1=C/C(=C)c2cc(-c3ccccc3)cc(-c3ccccc3)c2N(/C(=C/C=C\C)CC)C/C=C\1)C1=C(Nc2ccccc2)C=CCC1. The van der Waals surface area contributed by atoms with E-state index in [2.05, 4.69) is 201 Å². The van der Waals surface area contributed by atoms with Gasteiger partial charge in [-0.2, -0.15) is 0 Å². The monoisotopic (exact) mass is 690 g/mol. The molecule has 0 saturated heterocycles. The van der Waals surface area contributed by atoms with Crippen molar-refractivity contribution in [2.24, 2.45) is 0 Å². The highest BCUT2D eigenvalue weighted by Gasteiger charge is 2.23. The second-order valence-corrected chi connectivity index (χ2v) is 13.3. The van der Waals surface area contributed by atoms with Crippen molar-refractivity contribution < 1.29 is 0 Å². The Morgan fingerprint density at radius 3 is 2.15 bits per heavy atom. The van der Waals surface area contributed by atoms with Crippen LogP contribution in [0.1, 0.15) is 45.6 Å². The normalized spacial score (nSPS) is 16.9. The standard InChI is InChI=1S/C51H50N2/c1-6-9-30-46(8-3)53-33-21-27-43(42(22-7-2)34-38(4)47-31-19-20-32-50(47)52-45-28-17-12-18-29-45)35-39(5)48-36-44(40-23-13-10-14-24-40)37-49(51(48)53)41-25-15-11-16-26-41/h6-7,9-18,20-30,32,34-37,52H,4-5,8,19,31,33H2,1-3H3/b9-6-,22-7-,27-21-,42-34+,43-35+,46-30+. The summed E-state index contributed by atoms with van der Waals surface area (Å²) in [7, 11) is 0. The molecule has 4 aromatic rings. The van der Waals surface area contributed by atoms with E-state index in [9.17, 15) is 0 Å². The molecule has 2 nitrogen and oxygen atoms in total. The van der Waals surface area contributed by atoms with Crippen LogP contribution in [0.4, 0.5) is 11.4 Å². The first-order valence-electron chi connectivity index (χ1n) is 18.7. The van der Waals surface area contributed by atoms with Gasteiger partial charge in [-0.05, 0) is 126 Å². The van der Waals surface area contributed by atoms with Gasteiger partial charge in [0.1, 0.15) is 0 Å². The summed E-state index contributed by atoms with van der Waals surface area (Å²) in [5.41, 5.74) is 15.7. The summed E-state index contributed by atoms with van der Waals surface area (Å²) in [6, 6.07) is 36.4. The molecule has 2 aliphatic rings. The van der Waals surface area contributed by atoms with Crippen molar-refractivity contribution in [1.29, 1.82) is 0 Å². The van der Waals surface area contributed by atoms with Gasteiger partial charge in [0, 0.05) is 34.8 Å². The Morgan fingerprint density at radius 1 is 0.792 bits per heavy atom. The first-order valence-corrected chi connectivity index (χ1v) is 18.7. The number of nitrogens with one attached hydrogen (secondary N) is 1. The van der Waals surface area contributed by atoms with Crippen LogP contribution in [0.5, 0.6) is 0 Å². The number of nitrogens with zero attached hydrogens (tertiary/aromatic N) is 1. The molecule has 0 bridgehead atoms. The summed E-state index contributed by atoms with van der Waals surface area (Å²) in [6.07, 6.45) is 27.0. The minimum atomic E-state index is 0.699. The van der Waals surface area contributed by atoms with Crippen molar-refractivity contribution in [3.8, 4) is 22.3 Å². The second kappa shape index (κ2) is 17.9. The molecule has 0 aromatic heterocycles. The van der Waals surface area contributed by atoms with E-state index < -0.39 is 0 Å². The molecule has 1 N–H and O–H groups in total. The van der Waals surface area contributed by atoms with E-state index in [4.69, 9.17) is 6.58 Å². The molecule has 0 fully saturated rings. The Morgan fingerprint density at radius 2 is 1.47 bits per heavy atom. The van der Waals surface area contributed by atoms with E-state index in [0.29, 0.717) is 6.54 Å². The molecule has 1 aliphatic carbocycles. The molecular formula is C51H50N2. The number of benzene rings is 4. The van der Waals surface area contributed by atoms with Crippen LogP contribution in [0.25, 0.3) is 27.8 Å². The minimum Gasteiger partial charge on any atom is -0.355 e. The van der Waals surface area contributed by atoms with Gasteiger partial charge in [-0.1, -0.05) is 141 Å². The summed E-state index contributed by atoms with van der Waals surface area (Å²) in [5, 5.41) is 3.64. The van der Waals surface area contributed by atoms with Gasteiger partial charge in [0.25, 0.3) is 0 Å². The average Bonchev–Trinajstić information content (AvgIpc) is 3.27. The van der Waals surface area contributed by atoms with E-state index in [1.807, 2.05) is 6.07 Å². The molecule has 4 aromatic carbocycles. The summed E-state index contributed by atoms with van der Waals surface area (Å²) >= 11 is 0. The lowest BCUT2D eigenvalue weighted by atomic mass is 9.89. The zero-order valence-electron chi connectivity index (χ0n) is 31.4. The molecular weight excluding hydrogens is 641 g/mol. The number of hydrogen-bond acceptors (Lipinski definition) is 2. The van der Waals surface area contributed by atoms with Gasteiger partial charge in [-0.25, -0.2) is 0 Å². The predicted molar refractivity (Wildman–Crippen MR) is 232 cm³/mol. The van der Waals surface area contributed by atoms with Crippen molar-refractivity contribution in [3.63, 3.8) is 0 Å². The number of hydrogen-bond donors (Lipinski definition) is 1. The molecule has 0 atom stereocenters. The molecule has 0 amide bonds.